The van der Waals surface area contributed by atoms with Crippen LogP contribution in [0.4, 0.5) is 0 Å². The first-order chi connectivity index (χ1) is 11.5. The second-order valence-electron chi connectivity index (χ2n) is 5.04. The Morgan fingerprint density at radius 3 is 2.54 bits per heavy atom. The molecule has 122 valence electrons. The number of halogens is 1. The van der Waals surface area contributed by atoms with Gasteiger partial charge in [0.25, 0.3) is 11.8 Å². The summed E-state index contributed by atoms with van der Waals surface area (Å²) in [5.74, 6) is -0.911. The molecule has 0 aliphatic carbocycles. The molecule has 24 heavy (non-hydrogen) atoms. The summed E-state index contributed by atoms with van der Waals surface area (Å²) in [5.41, 5.74) is 7.39. The number of hydrazine groups is 1. The molecule has 0 radical (unpaired) electrons. The summed E-state index contributed by atoms with van der Waals surface area (Å²) in [6, 6.07) is 9.51. The van der Waals surface area contributed by atoms with E-state index in [9.17, 15) is 9.59 Å². The topological polar surface area (TPSA) is 86.9 Å². The number of carbonyl (C=O) groups excluding carboxylic acids is 2. The average molecular weight is 405 g/mol. The Morgan fingerprint density at radius 2 is 1.88 bits per heavy atom. The Balaban J connectivity index is 1.63. The van der Waals surface area contributed by atoms with E-state index in [1.54, 1.807) is 17.6 Å². The molecule has 8 heteroatoms. The molecule has 1 aromatic carbocycles. The summed E-state index contributed by atoms with van der Waals surface area (Å²) in [6.45, 7) is 2.01. The summed E-state index contributed by atoms with van der Waals surface area (Å²) in [4.78, 5) is 31.0. The molecular weight excluding hydrogens is 392 g/mol. The first-order valence-corrected chi connectivity index (χ1v) is 8.67. The maximum atomic E-state index is 12.1. The third-order valence-electron chi connectivity index (χ3n) is 3.22. The van der Waals surface area contributed by atoms with Crippen LogP contribution in [0, 0.1) is 6.92 Å². The van der Waals surface area contributed by atoms with Crippen molar-refractivity contribution < 1.29 is 9.59 Å². The van der Waals surface area contributed by atoms with Gasteiger partial charge in [-0.1, -0.05) is 29.8 Å². The van der Waals surface area contributed by atoms with E-state index in [4.69, 9.17) is 0 Å². The largest absolute Gasteiger partial charge is 0.356 e. The van der Waals surface area contributed by atoms with Crippen molar-refractivity contribution in [3.05, 3.63) is 63.3 Å². The van der Waals surface area contributed by atoms with Crippen molar-refractivity contribution >= 4 is 39.1 Å². The van der Waals surface area contributed by atoms with Crippen LogP contribution in [0.25, 0.3) is 10.6 Å². The molecule has 3 rings (SSSR count). The third kappa shape index (κ3) is 3.72. The molecular formula is C16H13BrN4O2S. The van der Waals surface area contributed by atoms with Gasteiger partial charge in [0, 0.05) is 21.6 Å². The SMILES string of the molecule is Cc1ccc(-c2nc(C(=O)NNC(=O)c3cc(Br)c[nH]3)cs2)cc1. The molecule has 3 aromatic rings. The molecule has 0 atom stereocenters. The van der Waals surface area contributed by atoms with Crippen LogP contribution >= 0.6 is 27.3 Å². The third-order valence-corrected chi connectivity index (χ3v) is 4.57. The molecule has 0 unspecified atom stereocenters. The molecule has 0 saturated carbocycles. The number of hydrogen-bond acceptors (Lipinski definition) is 4. The van der Waals surface area contributed by atoms with Gasteiger partial charge in [0.05, 0.1) is 0 Å². The van der Waals surface area contributed by atoms with Crippen molar-refractivity contribution in [1.29, 1.82) is 0 Å². The van der Waals surface area contributed by atoms with Gasteiger partial charge in [-0.05, 0) is 28.9 Å². The zero-order valence-electron chi connectivity index (χ0n) is 12.6. The number of H-pyrrole nitrogens is 1. The van der Waals surface area contributed by atoms with Crippen LogP contribution in [0.1, 0.15) is 26.5 Å². The van der Waals surface area contributed by atoms with Gasteiger partial charge < -0.3 is 4.98 Å². The lowest BCUT2D eigenvalue weighted by Gasteiger charge is -2.04. The van der Waals surface area contributed by atoms with E-state index in [0.29, 0.717) is 5.69 Å². The lowest BCUT2D eigenvalue weighted by molar-refractivity contribution is 0.0842. The first-order valence-electron chi connectivity index (χ1n) is 7.00. The summed E-state index contributed by atoms with van der Waals surface area (Å²) >= 11 is 4.61. The van der Waals surface area contributed by atoms with Crippen molar-refractivity contribution in [2.45, 2.75) is 6.92 Å². The summed E-state index contributed by atoms with van der Waals surface area (Å²) < 4.78 is 0.751. The van der Waals surface area contributed by atoms with Gasteiger partial charge in [0.1, 0.15) is 16.4 Å². The van der Waals surface area contributed by atoms with Crippen molar-refractivity contribution in [3.63, 3.8) is 0 Å². The number of aromatic amines is 1. The Kier molecular flexibility index (Phi) is 4.77. The van der Waals surface area contributed by atoms with Gasteiger partial charge in [0.2, 0.25) is 0 Å². The van der Waals surface area contributed by atoms with Crippen molar-refractivity contribution in [3.8, 4) is 10.6 Å². The highest BCUT2D eigenvalue weighted by Gasteiger charge is 2.14. The minimum Gasteiger partial charge on any atom is -0.356 e. The van der Waals surface area contributed by atoms with Crippen molar-refractivity contribution in [2.75, 3.05) is 0 Å². The molecule has 0 spiro atoms. The molecule has 0 bridgehead atoms. The van der Waals surface area contributed by atoms with Gasteiger partial charge in [-0.2, -0.15) is 0 Å². The van der Waals surface area contributed by atoms with E-state index in [2.05, 4.69) is 36.7 Å². The van der Waals surface area contributed by atoms with Crippen LogP contribution in [-0.4, -0.2) is 21.8 Å². The molecule has 3 N–H and O–H groups in total. The number of carbonyl (C=O) groups is 2. The molecule has 6 nitrogen and oxygen atoms in total. The predicted octanol–water partition coefficient (Wildman–Crippen LogP) is 3.28. The zero-order chi connectivity index (χ0) is 17.1. The van der Waals surface area contributed by atoms with E-state index in [0.717, 1.165) is 20.6 Å². The Bertz CT molecular complexity index is 886. The Morgan fingerprint density at radius 1 is 1.17 bits per heavy atom. The fourth-order valence-corrected chi connectivity index (χ4v) is 3.10. The van der Waals surface area contributed by atoms with Gasteiger partial charge in [-0.3, -0.25) is 20.4 Å². The van der Waals surface area contributed by atoms with Gasteiger partial charge in [0.15, 0.2) is 0 Å². The van der Waals surface area contributed by atoms with Gasteiger partial charge in [-0.15, -0.1) is 11.3 Å². The van der Waals surface area contributed by atoms with Crippen molar-refractivity contribution in [2.24, 2.45) is 0 Å². The van der Waals surface area contributed by atoms with Crippen LogP contribution in [0.3, 0.4) is 0 Å². The number of hydrogen-bond donors (Lipinski definition) is 3. The van der Waals surface area contributed by atoms with E-state index < -0.39 is 11.8 Å². The number of nitrogens with one attached hydrogen (secondary N) is 3. The fraction of sp³-hybridized carbons (Fsp3) is 0.0625. The maximum absolute atomic E-state index is 12.1. The number of amides is 2. The summed E-state index contributed by atoms with van der Waals surface area (Å²) in [5, 5.41) is 2.40. The minimum atomic E-state index is -0.469. The molecule has 2 aromatic heterocycles. The van der Waals surface area contributed by atoms with Crippen molar-refractivity contribution in [1.82, 2.24) is 20.8 Å². The second kappa shape index (κ2) is 6.98. The van der Waals surface area contributed by atoms with Crippen LogP contribution < -0.4 is 10.9 Å². The second-order valence-corrected chi connectivity index (χ2v) is 6.82. The highest BCUT2D eigenvalue weighted by Crippen LogP contribution is 2.23. The Hall–Kier alpha value is -2.45. The van der Waals surface area contributed by atoms with Crippen LogP contribution in [0.2, 0.25) is 0 Å². The van der Waals surface area contributed by atoms with E-state index in [-0.39, 0.29) is 5.69 Å². The smallest absolute Gasteiger partial charge is 0.289 e. The number of thiazole rings is 1. The first kappa shape index (κ1) is 16.4. The van der Waals surface area contributed by atoms with E-state index in [1.807, 2.05) is 31.2 Å². The summed E-state index contributed by atoms with van der Waals surface area (Å²) in [7, 11) is 0. The molecule has 0 saturated heterocycles. The average Bonchev–Trinajstić information content (AvgIpc) is 3.22. The lowest BCUT2D eigenvalue weighted by Crippen LogP contribution is -2.41. The highest BCUT2D eigenvalue weighted by molar-refractivity contribution is 9.10. The van der Waals surface area contributed by atoms with Gasteiger partial charge in [-0.25, -0.2) is 4.98 Å². The monoisotopic (exact) mass is 404 g/mol. The van der Waals surface area contributed by atoms with Crippen LogP contribution in [0.15, 0.2) is 46.4 Å². The Labute approximate surface area is 150 Å². The zero-order valence-corrected chi connectivity index (χ0v) is 15.0. The fourth-order valence-electron chi connectivity index (χ4n) is 1.95. The quantitative estimate of drug-likeness (QED) is 0.585. The highest BCUT2D eigenvalue weighted by atomic mass is 79.9. The van der Waals surface area contributed by atoms with E-state index in [1.165, 1.54) is 11.3 Å². The molecule has 2 amide bonds. The number of aryl methyl sites for hydroxylation is 1. The molecule has 0 aliphatic rings. The molecule has 2 heterocycles. The molecule has 0 aliphatic heterocycles. The van der Waals surface area contributed by atoms with Gasteiger partial charge >= 0.3 is 0 Å². The number of nitrogens with zero attached hydrogens (tertiary/aromatic N) is 1. The number of benzene rings is 1. The standard InChI is InChI=1S/C16H13BrN4O2S/c1-9-2-4-10(5-3-9)16-19-13(8-24-16)15(23)21-20-14(22)12-6-11(17)7-18-12/h2-8,18H,1H3,(H,20,22)(H,21,23). The lowest BCUT2D eigenvalue weighted by atomic mass is 10.2. The van der Waals surface area contributed by atoms with Crippen LogP contribution in [0.5, 0.6) is 0 Å². The number of aromatic nitrogens is 2. The van der Waals surface area contributed by atoms with Crippen LogP contribution in [-0.2, 0) is 0 Å². The minimum absolute atomic E-state index is 0.253. The predicted molar refractivity (Wildman–Crippen MR) is 95.7 cm³/mol. The number of rotatable bonds is 3. The summed E-state index contributed by atoms with van der Waals surface area (Å²) in [6.07, 6.45) is 1.63. The maximum Gasteiger partial charge on any atom is 0.289 e. The molecule has 0 fully saturated rings. The van der Waals surface area contributed by atoms with E-state index >= 15 is 0 Å². The normalized spacial score (nSPS) is 10.4.